The molecule has 0 saturated heterocycles. The molecule has 1 fully saturated rings. The number of nitrogens with one attached hydrogen (secondary N) is 1. The van der Waals surface area contributed by atoms with Crippen LogP contribution in [0.25, 0.3) is 0 Å². The maximum Gasteiger partial charge on any atom is 0.318 e. The highest BCUT2D eigenvalue weighted by atomic mass is 16.4. The molecule has 0 atom stereocenters. The minimum absolute atomic E-state index is 0.538. The second-order valence-corrected chi connectivity index (χ2v) is 5.01. The van der Waals surface area contributed by atoms with Crippen molar-refractivity contribution in [3.63, 3.8) is 0 Å². The van der Waals surface area contributed by atoms with Gasteiger partial charge >= 0.3 is 6.01 Å². The van der Waals surface area contributed by atoms with Crippen LogP contribution in [0.3, 0.4) is 0 Å². The molecule has 0 aliphatic heterocycles. The summed E-state index contributed by atoms with van der Waals surface area (Å²) >= 11 is 0. The Labute approximate surface area is 111 Å². The first-order valence-electron chi connectivity index (χ1n) is 6.45. The van der Waals surface area contributed by atoms with Crippen LogP contribution in [0.5, 0.6) is 0 Å². The molecule has 1 saturated carbocycles. The number of anilines is 1. The average molecular weight is 262 g/mol. The molecule has 0 radical (unpaired) electrons. The second-order valence-electron chi connectivity index (χ2n) is 5.01. The molecular weight excluding hydrogens is 244 g/mol. The van der Waals surface area contributed by atoms with Crippen LogP contribution in [0, 0.1) is 0 Å². The number of hydrogen-bond donors (Lipinski definition) is 1. The Morgan fingerprint density at radius 2 is 2.32 bits per heavy atom. The van der Waals surface area contributed by atoms with Crippen LogP contribution >= 0.6 is 0 Å². The van der Waals surface area contributed by atoms with Crippen LogP contribution in [0.15, 0.2) is 16.8 Å². The molecule has 19 heavy (non-hydrogen) atoms. The van der Waals surface area contributed by atoms with Gasteiger partial charge in [-0.1, -0.05) is 5.10 Å². The van der Waals surface area contributed by atoms with Gasteiger partial charge in [0.2, 0.25) is 5.89 Å². The van der Waals surface area contributed by atoms with E-state index in [0.29, 0.717) is 31.0 Å². The predicted octanol–water partition coefficient (Wildman–Crippen LogP) is 0.691. The first kappa shape index (κ1) is 12.2. The first-order chi connectivity index (χ1) is 9.20. The third-order valence-corrected chi connectivity index (χ3v) is 3.08. The van der Waals surface area contributed by atoms with E-state index in [1.54, 1.807) is 4.68 Å². The molecule has 2 aromatic rings. The third kappa shape index (κ3) is 3.11. The molecule has 3 rings (SSSR count). The Morgan fingerprint density at radius 3 is 3.00 bits per heavy atom. The van der Waals surface area contributed by atoms with Crippen molar-refractivity contribution in [3.8, 4) is 0 Å². The third-order valence-electron chi connectivity index (χ3n) is 3.08. The highest BCUT2D eigenvalue weighted by Crippen LogP contribution is 2.19. The van der Waals surface area contributed by atoms with Gasteiger partial charge in [-0.2, -0.15) is 5.10 Å². The largest absolute Gasteiger partial charge is 0.407 e. The molecular formula is C12H18N6O. The summed E-state index contributed by atoms with van der Waals surface area (Å²) < 4.78 is 7.40. The SMILES string of the molecule is CN(Cc1cnn(C)c1)c1nnc(CNC2CC2)o1. The molecule has 102 valence electrons. The zero-order valence-corrected chi connectivity index (χ0v) is 11.2. The van der Waals surface area contributed by atoms with E-state index in [9.17, 15) is 0 Å². The molecule has 1 aliphatic rings. The van der Waals surface area contributed by atoms with Crippen molar-refractivity contribution in [1.29, 1.82) is 0 Å². The van der Waals surface area contributed by atoms with E-state index in [4.69, 9.17) is 4.42 Å². The molecule has 1 aliphatic carbocycles. The maximum absolute atomic E-state index is 5.62. The Morgan fingerprint density at radius 1 is 1.47 bits per heavy atom. The van der Waals surface area contributed by atoms with Crippen molar-refractivity contribution < 1.29 is 4.42 Å². The van der Waals surface area contributed by atoms with Crippen molar-refractivity contribution in [1.82, 2.24) is 25.3 Å². The van der Waals surface area contributed by atoms with E-state index < -0.39 is 0 Å². The summed E-state index contributed by atoms with van der Waals surface area (Å²) in [5.74, 6) is 0.639. The fourth-order valence-corrected chi connectivity index (χ4v) is 1.88. The quantitative estimate of drug-likeness (QED) is 0.826. The summed E-state index contributed by atoms with van der Waals surface area (Å²) in [6, 6.07) is 1.18. The van der Waals surface area contributed by atoms with E-state index in [1.165, 1.54) is 12.8 Å². The molecule has 0 aromatic carbocycles. The van der Waals surface area contributed by atoms with Gasteiger partial charge in [0.25, 0.3) is 0 Å². The molecule has 7 nitrogen and oxygen atoms in total. The van der Waals surface area contributed by atoms with E-state index in [1.807, 2.05) is 31.4 Å². The lowest BCUT2D eigenvalue weighted by atomic mass is 10.3. The van der Waals surface area contributed by atoms with Gasteiger partial charge in [0.05, 0.1) is 19.3 Å². The van der Waals surface area contributed by atoms with Gasteiger partial charge < -0.3 is 14.6 Å². The number of nitrogens with zero attached hydrogens (tertiary/aromatic N) is 5. The summed E-state index contributed by atoms with van der Waals surface area (Å²) in [5.41, 5.74) is 1.11. The Kier molecular flexibility index (Phi) is 3.20. The van der Waals surface area contributed by atoms with E-state index in [2.05, 4.69) is 20.6 Å². The van der Waals surface area contributed by atoms with Crippen molar-refractivity contribution in [2.75, 3.05) is 11.9 Å². The van der Waals surface area contributed by atoms with Crippen LogP contribution in [-0.4, -0.2) is 33.1 Å². The molecule has 2 aromatic heterocycles. The van der Waals surface area contributed by atoms with Crippen molar-refractivity contribution >= 4 is 6.01 Å². The van der Waals surface area contributed by atoms with Gasteiger partial charge in [0, 0.05) is 31.9 Å². The lowest BCUT2D eigenvalue weighted by Gasteiger charge is -2.11. The summed E-state index contributed by atoms with van der Waals surface area (Å²) in [6.45, 7) is 1.35. The second kappa shape index (κ2) is 5.00. The topological polar surface area (TPSA) is 72.0 Å². The van der Waals surface area contributed by atoms with Gasteiger partial charge in [-0.05, 0) is 12.8 Å². The molecule has 0 bridgehead atoms. The van der Waals surface area contributed by atoms with Crippen molar-refractivity contribution in [2.24, 2.45) is 7.05 Å². The maximum atomic E-state index is 5.62. The summed E-state index contributed by atoms with van der Waals surface area (Å²) in [7, 11) is 3.83. The molecule has 7 heteroatoms. The lowest BCUT2D eigenvalue weighted by molar-refractivity contribution is 0.464. The predicted molar refractivity (Wildman–Crippen MR) is 69.5 cm³/mol. The minimum Gasteiger partial charge on any atom is -0.407 e. The number of aryl methyl sites for hydroxylation is 1. The van der Waals surface area contributed by atoms with Gasteiger partial charge in [-0.3, -0.25) is 4.68 Å². The Balaban J connectivity index is 1.57. The summed E-state index contributed by atoms with van der Waals surface area (Å²) in [4.78, 5) is 1.92. The number of aromatic nitrogens is 4. The molecule has 2 heterocycles. The minimum atomic E-state index is 0.538. The molecule has 1 N–H and O–H groups in total. The standard InChI is InChI=1S/C12H18N6O/c1-17(7-9-5-14-18(2)8-9)12-16-15-11(19-12)6-13-10-3-4-10/h5,8,10,13H,3-4,6-7H2,1-2H3. The van der Waals surface area contributed by atoms with Crippen molar-refractivity contribution in [2.45, 2.75) is 32.0 Å². The Bertz CT molecular complexity index is 544. The molecule has 0 spiro atoms. The lowest BCUT2D eigenvalue weighted by Crippen LogP contribution is -2.16. The summed E-state index contributed by atoms with van der Waals surface area (Å²) in [5, 5.41) is 15.6. The highest BCUT2D eigenvalue weighted by Gasteiger charge is 2.21. The van der Waals surface area contributed by atoms with E-state index >= 15 is 0 Å². The zero-order valence-electron chi connectivity index (χ0n) is 11.2. The number of hydrogen-bond acceptors (Lipinski definition) is 6. The fraction of sp³-hybridized carbons (Fsp3) is 0.583. The smallest absolute Gasteiger partial charge is 0.318 e. The Hall–Kier alpha value is -1.89. The van der Waals surface area contributed by atoms with Gasteiger partial charge in [-0.25, -0.2) is 0 Å². The van der Waals surface area contributed by atoms with Crippen LogP contribution in [0.1, 0.15) is 24.3 Å². The van der Waals surface area contributed by atoms with Crippen LogP contribution in [0.4, 0.5) is 6.01 Å². The van der Waals surface area contributed by atoms with Crippen LogP contribution < -0.4 is 10.2 Å². The van der Waals surface area contributed by atoms with Crippen LogP contribution in [0.2, 0.25) is 0 Å². The summed E-state index contributed by atoms with van der Waals surface area (Å²) in [6.07, 6.45) is 6.31. The van der Waals surface area contributed by atoms with Crippen LogP contribution in [-0.2, 0) is 20.1 Å². The molecule has 0 amide bonds. The normalized spacial score (nSPS) is 14.8. The first-order valence-corrected chi connectivity index (χ1v) is 6.45. The van der Waals surface area contributed by atoms with E-state index in [-0.39, 0.29) is 0 Å². The van der Waals surface area contributed by atoms with Gasteiger partial charge in [0.1, 0.15) is 0 Å². The monoisotopic (exact) mass is 262 g/mol. The number of rotatable bonds is 6. The van der Waals surface area contributed by atoms with Crippen molar-refractivity contribution in [3.05, 3.63) is 23.8 Å². The average Bonchev–Trinajstić information content (AvgIpc) is 2.94. The zero-order chi connectivity index (χ0) is 13.2. The fourth-order valence-electron chi connectivity index (χ4n) is 1.88. The highest BCUT2D eigenvalue weighted by molar-refractivity contribution is 5.24. The molecule has 0 unspecified atom stereocenters. The van der Waals surface area contributed by atoms with Gasteiger partial charge in [0.15, 0.2) is 0 Å². The van der Waals surface area contributed by atoms with E-state index in [0.717, 1.165) is 5.56 Å². The van der Waals surface area contributed by atoms with Gasteiger partial charge in [-0.15, -0.1) is 5.10 Å².